The second kappa shape index (κ2) is 5.95. The van der Waals surface area contributed by atoms with Gasteiger partial charge in [0.05, 0.1) is 6.07 Å². The van der Waals surface area contributed by atoms with Gasteiger partial charge in [-0.05, 0) is 27.7 Å². The Kier molecular flexibility index (Phi) is 5.68. The van der Waals surface area contributed by atoms with Crippen LogP contribution in [0.5, 0.6) is 0 Å². The molecule has 13 heavy (non-hydrogen) atoms. The van der Waals surface area contributed by atoms with Crippen molar-refractivity contribution in [2.45, 2.75) is 45.7 Å². The van der Waals surface area contributed by atoms with Crippen LogP contribution in [0.1, 0.15) is 34.1 Å². The largest absolute Gasteiger partial charge is 0.382 e. The van der Waals surface area contributed by atoms with E-state index < -0.39 is 5.54 Å². The number of nitrogens with zero attached hydrogens (tertiary/aromatic N) is 1. The van der Waals surface area contributed by atoms with Gasteiger partial charge in [0.1, 0.15) is 5.54 Å². The molecule has 0 spiro atoms. The second-order valence-electron chi connectivity index (χ2n) is 3.69. The quantitative estimate of drug-likeness (QED) is 0.639. The summed E-state index contributed by atoms with van der Waals surface area (Å²) in [6.45, 7) is 9.29. The Morgan fingerprint density at radius 2 is 2.15 bits per heavy atom. The van der Waals surface area contributed by atoms with Crippen molar-refractivity contribution < 1.29 is 4.74 Å². The van der Waals surface area contributed by atoms with Crippen LogP contribution in [-0.4, -0.2) is 24.8 Å². The summed E-state index contributed by atoms with van der Waals surface area (Å²) in [5.41, 5.74) is -0.455. The average molecular weight is 184 g/mol. The van der Waals surface area contributed by atoms with Crippen molar-refractivity contribution in [1.29, 1.82) is 5.26 Å². The topological polar surface area (TPSA) is 45.0 Å². The first-order chi connectivity index (χ1) is 6.04. The normalized spacial score (nSPS) is 15.4. The van der Waals surface area contributed by atoms with E-state index in [1.165, 1.54) is 0 Å². The first kappa shape index (κ1) is 12.4. The minimum atomic E-state index is -0.455. The molecular formula is C10H20N2O. The van der Waals surface area contributed by atoms with Crippen molar-refractivity contribution in [3.05, 3.63) is 0 Å². The summed E-state index contributed by atoms with van der Waals surface area (Å²) in [5.74, 6) is 0. The Hall–Kier alpha value is -0.590. The van der Waals surface area contributed by atoms with Crippen LogP contribution in [0.15, 0.2) is 0 Å². The summed E-state index contributed by atoms with van der Waals surface area (Å²) in [6.07, 6.45) is 0.732. The zero-order chi connectivity index (χ0) is 10.3. The lowest BCUT2D eigenvalue weighted by molar-refractivity contribution is 0.128. The second-order valence-corrected chi connectivity index (χ2v) is 3.69. The molecule has 1 atom stereocenters. The van der Waals surface area contributed by atoms with Gasteiger partial charge in [0, 0.05) is 25.7 Å². The van der Waals surface area contributed by atoms with E-state index in [-0.39, 0.29) is 0 Å². The fourth-order valence-electron chi connectivity index (χ4n) is 1.22. The smallest absolute Gasteiger partial charge is 0.106 e. The van der Waals surface area contributed by atoms with E-state index in [4.69, 9.17) is 10.00 Å². The molecule has 76 valence electrons. The van der Waals surface area contributed by atoms with E-state index >= 15 is 0 Å². The highest BCUT2D eigenvalue weighted by Gasteiger charge is 2.23. The number of nitrogens with one attached hydrogen (secondary N) is 1. The van der Waals surface area contributed by atoms with Crippen LogP contribution in [-0.2, 0) is 4.74 Å². The highest BCUT2D eigenvalue weighted by molar-refractivity contribution is 5.04. The maximum absolute atomic E-state index is 8.97. The van der Waals surface area contributed by atoms with E-state index in [2.05, 4.69) is 11.4 Å². The molecule has 1 N–H and O–H groups in total. The summed E-state index contributed by atoms with van der Waals surface area (Å²) >= 11 is 0. The lowest BCUT2D eigenvalue weighted by atomic mass is 9.99. The van der Waals surface area contributed by atoms with Crippen molar-refractivity contribution in [3.63, 3.8) is 0 Å². The van der Waals surface area contributed by atoms with Crippen molar-refractivity contribution in [3.8, 4) is 6.07 Å². The lowest BCUT2D eigenvalue weighted by Gasteiger charge is -2.25. The monoisotopic (exact) mass is 184 g/mol. The standard InChI is InChI=1S/C10H20N2O/c1-5-13-7-6-10(4,8-11)12-9(2)3/h9,12H,5-7H2,1-4H3. The van der Waals surface area contributed by atoms with E-state index in [1.807, 2.05) is 27.7 Å². The SMILES string of the molecule is CCOCCC(C)(C#N)NC(C)C. The molecule has 0 fully saturated rings. The molecule has 0 radical (unpaired) electrons. The molecule has 0 rings (SSSR count). The van der Waals surface area contributed by atoms with Gasteiger partial charge in [-0.15, -0.1) is 0 Å². The molecule has 0 bridgehead atoms. The Morgan fingerprint density at radius 1 is 1.54 bits per heavy atom. The van der Waals surface area contributed by atoms with Gasteiger partial charge >= 0.3 is 0 Å². The Labute approximate surface area is 81.1 Å². The predicted octanol–water partition coefficient (Wildman–Crippen LogP) is 1.69. The molecule has 0 saturated heterocycles. The highest BCUT2D eigenvalue weighted by atomic mass is 16.5. The summed E-state index contributed by atoms with van der Waals surface area (Å²) in [4.78, 5) is 0. The molecule has 0 aromatic heterocycles. The first-order valence-corrected chi connectivity index (χ1v) is 4.80. The maximum atomic E-state index is 8.97. The molecule has 0 aromatic carbocycles. The molecule has 0 aliphatic heterocycles. The molecule has 0 aromatic rings. The van der Waals surface area contributed by atoms with Crippen LogP contribution >= 0.6 is 0 Å². The Balaban J connectivity index is 3.91. The Bertz CT molecular complexity index is 174. The number of hydrogen-bond donors (Lipinski definition) is 1. The van der Waals surface area contributed by atoms with Gasteiger partial charge < -0.3 is 4.74 Å². The van der Waals surface area contributed by atoms with Crippen LogP contribution in [0.4, 0.5) is 0 Å². The maximum Gasteiger partial charge on any atom is 0.106 e. The fourth-order valence-corrected chi connectivity index (χ4v) is 1.22. The van der Waals surface area contributed by atoms with Crippen LogP contribution in [0.2, 0.25) is 0 Å². The van der Waals surface area contributed by atoms with Crippen LogP contribution in [0, 0.1) is 11.3 Å². The van der Waals surface area contributed by atoms with E-state index in [0.717, 1.165) is 6.42 Å². The summed E-state index contributed by atoms with van der Waals surface area (Å²) in [5, 5.41) is 12.2. The fraction of sp³-hybridized carbons (Fsp3) is 0.900. The molecule has 0 heterocycles. The number of nitriles is 1. The third-order valence-electron chi connectivity index (χ3n) is 1.80. The van der Waals surface area contributed by atoms with Crippen molar-refractivity contribution in [1.82, 2.24) is 5.32 Å². The molecule has 0 aliphatic carbocycles. The van der Waals surface area contributed by atoms with E-state index in [9.17, 15) is 0 Å². The van der Waals surface area contributed by atoms with E-state index in [1.54, 1.807) is 0 Å². The van der Waals surface area contributed by atoms with Gasteiger partial charge in [0.15, 0.2) is 0 Å². The highest BCUT2D eigenvalue weighted by Crippen LogP contribution is 2.09. The van der Waals surface area contributed by atoms with Gasteiger partial charge in [0.25, 0.3) is 0 Å². The van der Waals surface area contributed by atoms with Crippen LogP contribution in [0.25, 0.3) is 0 Å². The summed E-state index contributed by atoms with van der Waals surface area (Å²) in [6, 6.07) is 2.60. The van der Waals surface area contributed by atoms with E-state index in [0.29, 0.717) is 19.3 Å². The third kappa shape index (κ3) is 5.62. The zero-order valence-electron chi connectivity index (χ0n) is 9.05. The van der Waals surface area contributed by atoms with Gasteiger partial charge in [-0.2, -0.15) is 5.26 Å². The van der Waals surface area contributed by atoms with Crippen LogP contribution in [0.3, 0.4) is 0 Å². The van der Waals surface area contributed by atoms with Gasteiger partial charge in [-0.25, -0.2) is 0 Å². The molecule has 1 unspecified atom stereocenters. The minimum absolute atomic E-state index is 0.325. The molecule has 3 heteroatoms. The minimum Gasteiger partial charge on any atom is -0.382 e. The average Bonchev–Trinajstić information content (AvgIpc) is 2.04. The number of rotatable bonds is 6. The van der Waals surface area contributed by atoms with Crippen LogP contribution < -0.4 is 5.32 Å². The van der Waals surface area contributed by atoms with Crippen molar-refractivity contribution in [2.75, 3.05) is 13.2 Å². The number of hydrogen-bond acceptors (Lipinski definition) is 3. The number of ether oxygens (including phenoxy) is 1. The van der Waals surface area contributed by atoms with Gasteiger partial charge in [0.2, 0.25) is 0 Å². The first-order valence-electron chi connectivity index (χ1n) is 4.80. The molecule has 3 nitrogen and oxygen atoms in total. The van der Waals surface area contributed by atoms with Gasteiger partial charge in [-0.3, -0.25) is 5.32 Å². The third-order valence-corrected chi connectivity index (χ3v) is 1.80. The molecular weight excluding hydrogens is 164 g/mol. The lowest BCUT2D eigenvalue weighted by Crippen LogP contribution is -2.45. The Morgan fingerprint density at radius 3 is 2.54 bits per heavy atom. The summed E-state index contributed by atoms with van der Waals surface area (Å²) < 4.78 is 5.22. The molecule has 0 amide bonds. The zero-order valence-corrected chi connectivity index (χ0v) is 9.05. The molecule has 0 saturated carbocycles. The van der Waals surface area contributed by atoms with Crippen molar-refractivity contribution in [2.24, 2.45) is 0 Å². The molecule has 0 aliphatic rings. The van der Waals surface area contributed by atoms with Crippen molar-refractivity contribution >= 4 is 0 Å². The van der Waals surface area contributed by atoms with Gasteiger partial charge in [-0.1, -0.05) is 0 Å². The predicted molar refractivity (Wildman–Crippen MR) is 53.4 cm³/mol. The summed E-state index contributed by atoms with van der Waals surface area (Å²) in [7, 11) is 0.